The van der Waals surface area contributed by atoms with E-state index in [0.29, 0.717) is 29.3 Å². The Labute approximate surface area is 172 Å². The number of phenols is 1. The van der Waals surface area contributed by atoms with Gasteiger partial charge in [0.2, 0.25) is 0 Å². The highest BCUT2D eigenvalue weighted by Crippen LogP contribution is 2.60. The molecule has 5 rings (SSSR count). The van der Waals surface area contributed by atoms with Gasteiger partial charge >= 0.3 is 0 Å². The molecule has 4 atom stereocenters. The predicted octanol–water partition coefficient (Wildman–Crippen LogP) is 5.52. The second-order valence-corrected chi connectivity index (χ2v) is 9.23. The monoisotopic (exact) mass is 388 g/mol. The van der Waals surface area contributed by atoms with Crippen LogP contribution >= 0.6 is 0 Å². The topological polar surface area (TPSA) is 46.5 Å². The Morgan fingerprint density at radius 3 is 2.69 bits per heavy atom. The van der Waals surface area contributed by atoms with Crippen LogP contribution in [0.15, 0.2) is 48.0 Å². The van der Waals surface area contributed by atoms with Crippen LogP contribution in [0, 0.1) is 17.3 Å². The van der Waals surface area contributed by atoms with Crippen LogP contribution in [0.3, 0.4) is 0 Å². The van der Waals surface area contributed by atoms with Gasteiger partial charge in [-0.3, -0.25) is 4.79 Å². The molecule has 2 saturated carbocycles. The minimum atomic E-state index is -0.228. The summed E-state index contributed by atoms with van der Waals surface area (Å²) >= 11 is 0. The number of aryl methyl sites for hydroxylation is 1. The van der Waals surface area contributed by atoms with Gasteiger partial charge in [0.1, 0.15) is 11.5 Å². The van der Waals surface area contributed by atoms with E-state index < -0.39 is 0 Å². The Morgan fingerprint density at radius 1 is 1.14 bits per heavy atom. The molecule has 2 fully saturated rings. The lowest BCUT2D eigenvalue weighted by atomic mass is 9.55. The fraction of sp³-hybridized carbons (Fsp3) is 0.423. The standard InChI is InChI=1S/C26H28O3/c1-26-12-11-22-21-10-6-19(27)14-17(21)5-9-23(22)24(26)15-18(25(26)28)13-16-3-7-20(29-2)8-4-16/h3-4,6-8,10,13-14,22-24,27H,5,9,11-12,15H2,1-2H3/b18-13+/t22-,23-,24-,26-/m1/s1. The summed E-state index contributed by atoms with van der Waals surface area (Å²) in [5.41, 5.74) is 4.53. The first-order valence-corrected chi connectivity index (χ1v) is 10.7. The van der Waals surface area contributed by atoms with Gasteiger partial charge in [-0.15, -0.1) is 0 Å². The first-order chi connectivity index (χ1) is 14.0. The van der Waals surface area contributed by atoms with Crippen LogP contribution < -0.4 is 4.74 Å². The molecule has 150 valence electrons. The van der Waals surface area contributed by atoms with E-state index in [1.165, 1.54) is 11.1 Å². The Balaban J connectivity index is 1.46. The lowest BCUT2D eigenvalue weighted by Crippen LogP contribution is -2.42. The van der Waals surface area contributed by atoms with E-state index in [4.69, 9.17) is 4.74 Å². The summed E-state index contributed by atoms with van der Waals surface area (Å²) in [7, 11) is 1.67. The largest absolute Gasteiger partial charge is 0.508 e. The third kappa shape index (κ3) is 2.90. The van der Waals surface area contributed by atoms with Gasteiger partial charge < -0.3 is 9.84 Å². The van der Waals surface area contributed by atoms with Crippen molar-refractivity contribution >= 4 is 11.9 Å². The van der Waals surface area contributed by atoms with E-state index in [2.05, 4.69) is 19.1 Å². The van der Waals surface area contributed by atoms with Crippen LogP contribution in [0.25, 0.3) is 6.08 Å². The van der Waals surface area contributed by atoms with Crippen LogP contribution in [0.4, 0.5) is 0 Å². The molecule has 0 radical (unpaired) electrons. The summed E-state index contributed by atoms with van der Waals surface area (Å²) in [5.74, 6) is 3.04. The summed E-state index contributed by atoms with van der Waals surface area (Å²) in [5, 5.41) is 9.86. The summed E-state index contributed by atoms with van der Waals surface area (Å²) < 4.78 is 5.25. The molecule has 0 aromatic heterocycles. The summed E-state index contributed by atoms with van der Waals surface area (Å²) in [6.07, 6.45) is 7.12. The molecule has 0 unspecified atom stereocenters. The molecule has 0 saturated heterocycles. The Morgan fingerprint density at radius 2 is 1.93 bits per heavy atom. The van der Waals surface area contributed by atoms with Crippen LogP contribution in [0.2, 0.25) is 0 Å². The number of phenolic OH excluding ortho intramolecular Hbond substituents is 1. The first-order valence-electron chi connectivity index (χ1n) is 10.7. The van der Waals surface area contributed by atoms with Gasteiger partial charge in [-0.05, 0) is 102 Å². The zero-order valence-electron chi connectivity index (χ0n) is 17.2. The van der Waals surface area contributed by atoms with Crippen molar-refractivity contribution in [3.8, 4) is 11.5 Å². The second-order valence-electron chi connectivity index (χ2n) is 9.23. The second kappa shape index (κ2) is 6.76. The van der Waals surface area contributed by atoms with Gasteiger partial charge in [-0.2, -0.15) is 0 Å². The number of fused-ring (bicyclic) bond motifs is 5. The number of ether oxygens (including phenoxy) is 1. The smallest absolute Gasteiger partial charge is 0.165 e. The van der Waals surface area contributed by atoms with Gasteiger partial charge in [0.15, 0.2) is 5.78 Å². The molecule has 0 bridgehead atoms. The van der Waals surface area contributed by atoms with Crippen molar-refractivity contribution < 1.29 is 14.6 Å². The molecule has 1 N–H and O–H groups in total. The average Bonchev–Trinajstić information content (AvgIpc) is 2.99. The fourth-order valence-corrected chi connectivity index (χ4v) is 6.27. The van der Waals surface area contributed by atoms with Crippen LogP contribution in [0.1, 0.15) is 55.2 Å². The van der Waals surface area contributed by atoms with Crippen molar-refractivity contribution in [3.05, 3.63) is 64.7 Å². The third-order valence-corrected chi connectivity index (χ3v) is 7.81. The van der Waals surface area contributed by atoms with Crippen molar-refractivity contribution in [1.29, 1.82) is 0 Å². The molecule has 2 aromatic rings. The number of benzene rings is 2. The van der Waals surface area contributed by atoms with E-state index in [-0.39, 0.29) is 5.41 Å². The predicted molar refractivity (Wildman–Crippen MR) is 114 cm³/mol. The lowest BCUT2D eigenvalue weighted by molar-refractivity contribution is -0.127. The zero-order valence-corrected chi connectivity index (χ0v) is 17.2. The van der Waals surface area contributed by atoms with Crippen molar-refractivity contribution in [2.75, 3.05) is 7.11 Å². The Bertz CT molecular complexity index is 988. The average molecular weight is 389 g/mol. The van der Waals surface area contributed by atoms with E-state index in [9.17, 15) is 9.90 Å². The highest BCUT2D eigenvalue weighted by Gasteiger charge is 2.56. The molecule has 0 spiro atoms. The van der Waals surface area contributed by atoms with Crippen molar-refractivity contribution in [2.24, 2.45) is 17.3 Å². The number of allylic oxidation sites excluding steroid dienone is 1. The van der Waals surface area contributed by atoms with E-state index >= 15 is 0 Å². The summed E-state index contributed by atoms with van der Waals surface area (Å²) in [4.78, 5) is 13.4. The van der Waals surface area contributed by atoms with Gasteiger partial charge in [-0.25, -0.2) is 0 Å². The Hall–Kier alpha value is -2.55. The van der Waals surface area contributed by atoms with Crippen LogP contribution in [0.5, 0.6) is 11.5 Å². The number of rotatable bonds is 2. The van der Waals surface area contributed by atoms with E-state index in [0.717, 1.165) is 49.0 Å². The van der Waals surface area contributed by atoms with E-state index in [1.54, 1.807) is 7.11 Å². The number of aromatic hydroxyl groups is 1. The molecule has 0 heterocycles. The van der Waals surface area contributed by atoms with Gasteiger partial charge in [0, 0.05) is 5.41 Å². The van der Waals surface area contributed by atoms with Gasteiger partial charge in [0.25, 0.3) is 0 Å². The number of ketones is 1. The quantitative estimate of drug-likeness (QED) is 0.689. The molecule has 29 heavy (non-hydrogen) atoms. The first kappa shape index (κ1) is 18.5. The maximum absolute atomic E-state index is 13.4. The number of carbonyl (C=O) groups excluding carboxylic acids is 1. The molecular weight excluding hydrogens is 360 g/mol. The maximum atomic E-state index is 13.4. The highest BCUT2D eigenvalue weighted by molar-refractivity contribution is 6.06. The Kier molecular flexibility index (Phi) is 4.31. The molecule has 3 aliphatic carbocycles. The molecular formula is C26H28O3. The number of hydrogen-bond acceptors (Lipinski definition) is 3. The number of methoxy groups -OCH3 is 1. The fourth-order valence-electron chi connectivity index (χ4n) is 6.27. The molecule has 0 aliphatic heterocycles. The molecule has 3 nitrogen and oxygen atoms in total. The van der Waals surface area contributed by atoms with Crippen LogP contribution in [-0.2, 0) is 11.2 Å². The van der Waals surface area contributed by atoms with Gasteiger partial charge in [-0.1, -0.05) is 25.1 Å². The number of hydrogen-bond donors (Lipinski definition) is 1. The molecule has 2 aromatic carbocycles. The number of Topliss-reactive ketones (excluding diaryl/α,β-unsaturated/α-hetero) is 1. The minimum Gasteiger partial charge on any atom is -0.508 e. The molecule has 3 heteroatoms. The third-order valence-electron chi connectivity index (χ3n) is 7.81. The summed E-state index contributed by atoms with van der Waals surface area (Å²) in [6, 6.07) is 13.8. The van der Waals surface area contributed by atoms with Crippen molar-refractivity contribution in [2.45, 2.75) is 44.9 Å². The van der Waals surface area contributed by atoms with E-state index in [1.807, 2.05) is 36.4 Å². The van der Waals surface area contributed by atoms with Crippen molar-refractivity contribution in [3.63, 3.8) is 0 Å². The maximum Gasteiger partial charge on any atom is 0.165 e. The normalized spacial score (nSPS) is 31.9. The lowest BCUT2D eigenvalue weighted by Gasteiger charge is -2.48. The van der Waals surface area contributed by atoms with Gasteiger partial charge in [0.05, 0.1) is 7.11 Å². The van der Waals surface area contributed by atoms with Crippen molar-refractivity contribution in [1.82, 2.24) is 0 Å². The SMILES string of the molecule is COc1ccc(/C=C2\C[C@@H]3[C@@H]4CCc5cc(O)ccc5[C@H]4CC[C@@]3(C)C2=O)cc1. The van der Waals surface area contributed by atoms with Crippen LogP contribution in [-0.4, -0.2) is 18.0 Å². The molecule has 3 aliphatic rings. The molecule has 0 amide bonds. The zero-order chi connectivity index (χ0) is 20.2. The number of carbonyl (C=O) groups is 1. The minimum absolute atomic E-state index is 0.228. The summed E-state index contributed by atoms with van der Waals surface area (Å²) in [6.45, 7) is 2.21. The highest BCUT2D eigenvalue weighted by atomic mass is 16.5.